The van der Waals surface area contributed by atoms with Gasteiger partial charge in [0.15, 0.2) is 11.6 Å². The van der Waals surface area contributed by atoms with Gasteiger partial charge in [0.1, 0.15) is 11.4 Å². The quantitative estimate of drug-likeness (QED) is 0.757. The average molecular weight is 312 g/mol. The summed E-state index contributed by atoms with van der Waals surface area (Å²) in [7, 11) is 0. The Bertz CT molecular complexity index is 816. The minimum Gasteiger partial charge on any atom is -0.477 e. The van der Waals surface area contributed by atoms with Gasteiger partial charge in [-0.25, -0.2) is 18.9 Å². The van der Waals surface area contributed by atoms with Gasteiger partial charge in [-0.05, 0) is 29.8 Å². The number of pyridine rings is 1. The van der Waals surface area contributed by atoms with Crippen molar-refractivity contribution in [2.45, 2.75) is 6.54 Å². The molecule has 2 heterocycles. The van der Waals surface area contributed by atoms with E-state index in [1.165, 1.54) is 23.0 Å². The number of rotatable bonds is 5. The van der Waals surface area contributed by atoms with Crippen LogP contribution in [0.3, 0.4) is 0 Å². The molecule has 0 radical (unpaired) electrons. The number of carbonyl (C=O) groups is 1. The molecular formula is C16H13FN4O2. The Hall–Kier alpha value is -3.22. The van der Waals surface area contributed by atoms with Crippen molar-refractivity contribution >= 4 is 11.8 Å². The van der Waals surface area contributed by atoms with Crippen molar-refractivity contribution in [3.63, 3.8) is 0 Å². The molecule has 116 valence electrons. The van der Waals surface area contributed by atoms with E-state index in [1.54, 1.807) is 36.5 Å². The Morgan fingerprint density at radius 3 is 2.65 bits per heavy atom. The van der Waals surface area contributed by atoms with Gasteiger partial charge in [-0.2, -0.15) is 0 Å². The molecule has 0 fully saturated rings. The third-order valence-electron chi connectivity index (χ3n) is 3.20. The highest BCUT2D eigenvalue weighted by Gasteiger charge is 2.16. The zero-order valence-corrected chi connectivity index (χ0v) is 12.0. The van der Waals surface area contributed by atoms with Gasteiger partial charge in [-0.1, -0.05) is 18.2 Å². The molecule has 3 rings (SSSR count). The molecule has 0 unspecified atom stereocenters. The number of aromatic nitrogens is 3. The first-order valence-electron chi connectivity index (χ1n) is 6.86. The molecule has 0 atom stereocenters. The van der Waals surface area contributed by atoms with Crippen LogP contribution in [-0.2, 0) is 6.54 Å². The summed E-state index contributed by atoms with van der Waals surface area (Å²) in [5.74, 6) is -0.662. The molecule has 2 aromatic heterocycles. The summed E-state index contributed by atoms with van der Waals surface area (Å²) >= 11 is 0. The van der Waals surface area contributed by atoms with E-state index in [4.69, 9.17) is 0 Å². The number of hydrogen-bond acceptors (Lipinski definition) is 4. The molecule has 0 spiro atoms. The topological polar surface area (TPSA) is 80.0 Å². The van der Waals surface area contributed by atoms with Gasteiger partial charge in [-0.3, -0.25) is 0 Å². The van der Waals surface area contributed by atoms with Crippen LogP contribution < -0.4 is 5.32 Å². The van der Waals surface area contributed by atoms with E-state index in [0.717, 1.165) is 5.56 Å². The van der Waals surface area contributed by atoms with Crippen molar-refractivity contribution in [1.29, 1.82) is 0 Å². The second-order valence-corrected chi connectivity index (χ2v) is 4.81. The van der Waals surface area contributed by atoms with E-state index in [-0.39, 0.29) is 17.2 Å². The molecule has 0 aliphatic heterocycles. The highest BCUT2D eigenvalue weighted by Crippen LogP contribution is 2.17. The van der Waals surface area contributed by atoms with Gasteiger partial charge < -0.3 is 10.4 Å². The minimum atomic E-state index is -1.09. The normalized spacial score (nSPS) is 10.5. The second kappa shape index (κ2) is 6.27. The smallest absolute Gasteiger partial charge is 0.341 e. The summed E-state index contributed by atoms with van der Waals surface area (Å²) in [6, 6.07) is 11.2. The van der Waals surface area contributed by atoms with Gasteiger partial charge in [0, 0.05) is 18.9 Å². The maximum absolute atomic E-state index is 12.9. The maximum Gasteiger partial charge on any atom is 0.341 e. The Kier molecular flexibility index (Phi) is 4.01. The summed E-state index contributed by atoms with van der Waals surface area (Å²) < 4.78 is 14.3. The Morgan fingerprint density at radius 2 is 2.00 bits per heavy atom. The zero-order chi connectivity index (χ0) is 16.2. The lowest BCUT2D eigenvalue weighted by Crippen LogP contribution is -2.05. The number of carboxylic acid groups (broad SMARTS) is 1. The number of nitrogens with zero attached hydrogens (tertiary/aromatic N) is 3. The molecule has 0 saturated heterocycles. The number of nitrogens with one attached hydrogen (secondary N) is 1. The second-order valence-electron chi connectivity index (χ2n) is 4.81. The van der Waals surface area contributed by atoms with Crippen LogP contribution in [0.15, 0.2) is 54.9 Å². The number of benzene rings is 1. The molecule has 7 heteroatoms. The van der Waals surface area contributed by atoms with Crippen molar-refractivity contribution in [3.8, 4) is 5.82 Å². The molecule has 3 aromatic rings. The predicted octanol–water partition coefficient (Wildman–Crippen LogP) is 2.72. The van der Waals surface area contributed by atoms with E-state index in [1.807, 2.05) is 0 Å². The third kappa shape index (κ3) is 3.34. The van der Waals surface area contributed by atoms with Crippen LogP contribution in [0.1, 0.15) is 15.9 Å². The number of carboxylic acids is 1. The van der Waals surface area contributed by atoms with Gasteiger partial charge >= 0.3 is 5.97 Å². The van der Waals surface area contributed by atoms with E-state index < -0.39 is 5.97 Å². The SMILES string of the molecule is O=C(O)c1cn(-c2ccccn2)nc1NCc1ccc(F)cc1. The standard InChI is InChI=1S/C16H13FN4O2/c17-12-6-4-11(5-7-12)9-19-15-13(16(22)23)10-21(20-15)14-3-1-2-8-18-14/h1-8,10H,9H2,(H,19,20)(H,22,23). The number of hydrogen-bond donors (Lipinski definition) is 2. The number of aromatic carboxylic acids is 1. The lowest BCUT2D eigenvalue weighted by Gasteiger charge is -2.04. The monoisotopic (exact) mass is 312 g/mol. The summed E-state index contributed by atoms with van der Waals surface area (Å²) in [5, 5.41) is 16.5. The zero-order valence-electron chi connectivity index (χ0n) is 12.0. The largest absolute Gasteiger partial charge is 0.477 e. The molecule has 23 heavy (non-hydrogen) atoms. The molecular weight excluding hydrogens is 299 g/mol. The van der Waals surface area contributed by atoms with Crippen molar-refractivity contribution in [2.75, 3.05) is 5.32 Å². The molecule has 0 aliphatic rings. The molecule has 0 bridgehead atoms. The molecule has 1 aromatic carbocycles. The molecule has 0 saturated carbocycles. The molecule has 0 aliphatic carbocycles. The van der Waals surface area contributed by atoms with Gasteiger partial charge in [0.05, 0.1) is 0 Å². The number of halogens is 1. The van der Waals surface area contributed by atoms with Crippen molar-refractivity contribution in [2.24, 2.45) is 0 Å². The summed E-state index contributed by atoms with van der Waals surface area (Å²) in [6.07, 6.45) is 3.00. The van der Waals surface area contributed by atoms with Crippen LogP contribution in [0.2, 0.25) is 0 Å². The van der Waals surface area contributed by atoms with Crippen LogP contribution in [-0.4, -0.2) is 25.8 Å². The lowest BCUT2D eigenvalue weighted by molar-refractivity contribution is 0.0698. The Morgan fingerprint density at radius 1 is 1.22 bits per heavy atom. The van der Waals surface area contributed by atoms with Crippen molar-refractivity contribution in [3.05, 3.63) is 71.8 Å². The van der Waals surface area contributed by atoms with Crippen LogP contribution >= 0.6 is 0 Å². The average Bonchev–Trinajstić information content (AvgIpc) is 3.00. The molecule has 6 nitrogen and oxygen atoms in total. The first-order chi connectivity index (χ1) is 11.1. The predicted molar refractivity (Wildman–Crippen MR) is 82.0 cm³/mol. The first kappa shape index (κ1) is 14.7. The van der Waals surface area contributed by atoms with E-state index in [2.05, 4.69) is 15.4 Å². The molecule has 2 N–H and O–H groups in total. The van der Waals surface area contributed by atoms with Gasteiger partial charge in [0.25, 0.3) is 0 Å². The maximum atomic E-state index is 12.9. The highest BCUT2D eigenvalue weighted by atomic mass is 19.1. The summed E-state index contributed by atoms with van der Waals surface area (Å²) in [6.45, 7) is 0.333. The van der Waals surface area contributed by atoms with Crippen molar-refractivity contribution < 1.29 is 14.3 Å². The van der Waals surface area contributed by atoms with Crippen LogP contribution in [0.5, 0.6) is 0 Å². The van der Waals surface area contributed by atoms with E-state index >= 15 is 0 Å². The van der Waals surface area contributed by atoms with Crippen molar-refractivity contribution in [1.82, 2.24) is 14.8 Å². The highest BCUT2D eigenvalue weighted by molar-refractivity contribution is 5.93. The van der Waals surface area contributed by atoms with E-state index in [0.29, 0.717) is 12.4 Å². The third-order valence-corrected chi connectivity index (χ3v) is 3.20. The first-order valence-corrected chi connectivity index (χ1v) is 6.86. The molecule has 0 amide bonds. The summed E-state index contributed by atoms with van der Waals surface area (Å²) in [4.78, 5) is 15.5. The van der Waals surface area contributed by atoms with Crippen LogP contribution in [0.4, 0.5) is 10.2 Å². The lowest BCUT2D eigenvalue weighted by atomic mass is 10.2. The van der Waals surface area contributed by atoms with Crippen LogP contribution in [0, 0.1) is 5.82 Å². The van der Waals surface area contributed by atoms with Gasteiger partial charge in [-0.15, -0.1) is 5.10 Å². The Balaban J connectivity index is 1.84. The fourth-order valence-electron chi connectivity index (χ4n) is 2.06. The summed E-state index contributed by atoms with van der Waals surface area (Å²) in [5.41, 5.74) is 0.855. The number of anilines is 1. The fourth-order valence-corrected chi connectivity index (χ4v) is 2.06. The fraction of sp³-hybridized carbons (Fsp3) is 0.0625. The van der Waals surface area contributed by atoms with Gasteiger partial charge in [0.2, 0.25) is 0 Å². The van der Waals surface area contributed by atoms with Crippen LogP contribution in [0.25, 0.3) is 5.82 Å². The Labute approximate surface area is 131 Å². The minimum absolute atomic E-state index is 0.0396. The van der Waals surface area contributed by atoms with E-state index in [9.17, 15) is 14.3 Å².